The summed E-state index contributed by atoms with van der Waals surface area (Å²) in [5, 5.41) is 44.3. The van der Waals surface area contributed by atoms with Crippen molar-refractivity contribution in [3.8, 4) is 11.3 Å². The van der Waals surface area contributed by atoms with E-state index in [1.165, 1.54) is 35.7 Å². The highest BCUT2D eigenvalue weighted by molar-refractivity contribution is 8.00. The van der Waals surface area contributed by atoms with E-state index in [0.29, 0.717) is 11.3 Å². The summed E-state index contributed by atoms with van der Waals surface area (Å²) in [5.41, 5.74) is 6.66. The Kier molecular flexibility index (Phi) is 7.40. The highest BCUT2D eigenvalue weighted by Crippen LogP contribution is 2.48. The molecule has 3 N–H and O–H groups in total. The zero-order valence-electron chi connectivity index (χ0n) is 22.5. The predicted molar refractivity (Wildman–Crippen MR) is 149 cm³/mol. The molecule has 4 aliphatic rings. The van der Waals surface area contributed by atoms with Crippen LogP contribution in [-0.4, -0.2) is 108 Å². The van der Waals surface area contributed by atoms with Crippen molar-refractivity contribution in [2.24, 2.45) is 0 Å². The van der Waals surface area contributed by atoms with Crippen LogP contribution in [0.25, 0.3) is 22.4 Å². The van der Waals surface area contributed by atoms with E-state index in [4.69, 9.17) is 14.2 Å². The number of hydrazine groups is 1. The molecule has 4 aliphatic heterocycles. The minimum atomic E-state index is -1.18. The number of hydrogen-bond acceptors (Lipinski definition) is 11. The van der Waals surface area contributed by atoms with Crippen molar-refractivity contribution in [1.29, 1.82) is 0 Å². The van der Waals surface area contributed by atoms with Crippen LogP contribution in [-0.2, 0) is 14.2 Å². The smallest absolute Gasteiger partial charge is 0.138 e. The molecule has 7 rings (SSSR count). The van der Waals surface area contributed by atoms with Gasteiger partial charge in [-0.15, -0.1) is 22.6 Å². The van der Waals surface area contributed by atoms with Gasteiger partial charge in [-0.1, -0.05) is 47.7 Å². The Labute approximate surface area is 245 Å². The largest absolute Gasteiger partial charge is 0.597 e. The average molecular weight is 598 g/mol. The molecule has 42 heavy (non-hydrogen) atoms. The fourth-order valence-electron chi connectivity index (χ4n) is 5.94. The number of rotatable bonds is 7. The first-order valence-electron chi connectivity index (χ1n) is 13.6. The lowest BCUT2D eigenvalue weighted by atomic mass is 9.97. The Morgan fingerprint density at radius 1 is 1.10 bits per heavy atom. The third-order valence-electron chi connectivity index (χ3n) is 8.10. The van der Waals surface area contributed by atoms with E-state index in [9.17, 15) is 19.7 Å². The number of benzene rings is 2. The SMILES string of the molecule is COC1C(SC2COC3C(C2O)N2C=C(c4ccccc4)[N-]N32)OC(CO)C(O)C1n1cc(-c2cccc(F)c2)nn1. The molecule has 14 heteroatoms. The molecule has 9 unspecified atom stereocenters. The molecule has 3 saturated heterocycles. The van der Waals surface area contributed by atoms with E-state index >= 15 is 0 Å². The lowest BCUT2D eigenvalue weighted by Gasteiger charge is -2.64. The molecule has 2 aromatic carbocycles. The first-order chi connectivity index (χ1) is 20.5. The van der Waals surface area contributed by atoms with Gasteiger partial charge in [0.1, 0.15) is 53.6 Å². The summed E-state index contributed by atoms with van der Waals surface area (Å²) in [5.74, 6) is -0.404. The van der Waals surface area contributed by atoms with Crippen LogP contribution in [0.5, 0.6) is 0 Å². The van der Waals surface area contributed by atoms with Crippen molar-refractivity contribution in [2.75, 3.05) is 20.3 Å². The number of fused-ring (bicyclic) bond motifs is 4. The first kappa shape index (κ1) is 27.7. The summed E-state index contributed by atoms with van der Waals surface area (Å²) >= 11 is 1.33. The predicted octanol–water partition coefficient (Wildman–Crippen LogP) is 1.74. The molecule has 9 atom stereocenters. The molecule has 5 heterocycles. The van der Waals surface area contributed by atoms with E-state index in [2.05, 4.69) is 15.7 Å². The van der Waals surface area contributed by atoms with Gasteiger partial charge in [0.15, 0.2) is 0 Å². The van der Waals surface area contributed by atoms with Gasteiger partial charge in [-0.3, -0.25) is 5.12 Å². The lowest BCUT2D eigenvalue weighted by molar-refractivity contribution is -0.296. The average Bonchev–Trinajstić information content (AvgIpc) is 3.63. The summed E-state index contributed by atoms with van der Waals surface area (Å²) in [4.78, 5) is 0. The molecule has 0 saturated carbocycles. The van der Waals surface area contributed by atoms with E-state index in [-0.39, 0.29) is 12.6 Å². The van der Waals surface area contributed by atoms with Gasteiger partial charge >= 0.3 is 0 Å². The van der Waals surface area contributed by atoms with Gasteiger partial charge < -0.3 is 40.0 Å². The number of hydrogen-bond donors (Lipinski definition) is 3. The number of aliphatic hydroxyl groups excluding tert-OH is 3. The fraction of sp³-hybridized carbons (Fsp3) is 0.429. The molecule has 0 spiro atoms. The summed E-state index contributed by atoms with van der Waals surface area (Å²) in [6.45, 7) is -0.212. The van der Waals surface area contributed by atoms with E-state index < -0.39 is 59.8 Å². The number of methoxy groups -OCH3 is 1. The molecule has 0 radical (unpaired) electrons. The highest BCUT2D eigenvalue weighted by Gasteiger charge is 2.55. The van der Waals surface area contributed by atoms with Gasteiger partial charge in [0.25, 0.3) is 0 Å². The Balaban J connectivity index is 1.10. The van der Waals surface area contributed by atoms with E-state index in [1.54, 1.807) is 23.4 Å². The van der Waals surface area contributed by atoms with Crippen molar-refractivity contribution in [1.82, 2.24) is 25.1 Å². The number of ether oxygens (including phenoxy) is 3. The Bertz CT molecular complexity index is 1450. The number of halogens is 1. The van der Waals surface area contributed by atoms with Crippen molar-refractivity contribution in [3.05, 3.63) is 83.8 Å². The Morgan fingerprint density at radius 3 is 2.67 bits per heavy atom. The highest BCUT2D eigenvalue weighted by atomic mass is 32.2. The van der Waals surface area contributed by atoms with E-state index in [0.717, 1.165) is 11.3 Å². The molecular formula is C28H30FN6O6S-. The first-order valence-corrected chi connectivity index (χ1v) is 14.6. The summed E-state index contributed by atoms with van der Waals surface area (Å²) in [6.07, 6.45) is -0.529. The number of aromatic nitrogens is 3. The maximum Gasteiger partial charge on any atom is 0.138 e. The second kappa shape index (κ2) is 11.2. The Morgan fingerprint density at radius 2 is 1.90 bits per heavy atom. The second-order valence-electron chi connectivity index (χ2n) is 10.6. The zero-order chi connectivity index (χ0) is 29.0. The topological polar surface area (TPSA) is 140 Å². The maximum absolute atomic E-state index is 13.8. The van der Waals surface area contributed by atoms with Crippen molar-refractivity contribution in [3.63, 3.8) is 0 Å². The minimum absolute atomic E-state index is 0.230. The van der Waals surface area contributed by atoms with Crippen LogP contribution in [0.3, 0.4) is 0 Å². The second-order valence-corrected chi connectivity index (χ2v) is 11.9. The van der Waals surface area contributed by atoms with Gasteiger partial charge in [-0.05, 0) is 17.7 Å². The molecular weight excluding hydrogens is 567 g/mol. The van der Waals surface area contributed by atoms with Crippen LogP contribution in [0.2, 0.25) is 0 Å². The molecule has 12 nitrogen and oxygen atoms in total. The molecule has 0 bridgehead atoms. The van der Waals surface area contributed by atoms with Gasteiger partial charge in [-0.25, -0.2) is 9.07 Å². The molecule has 1 aromatic heterocycles. The van der Waals surface area contributed by atoms with Gasteiger partial charge in [-0.2, -0.15) is 0 Å². The van der Waals surface area contributed by atoms with Crippen molar-refractivity contribution in [2.45, 2.75) is 53.4 Å². The molecule has 222 valence electrons. The third-order valence-corrected chi connectivity index (χ3v) is 9.51. The van der Waals surface area contributed by atoms with Crippen molar-refractivity contribution < 1.29 is 33.9 Å². The Hall–Kier alpha value is -3.08. The van der Waals surface area contributed by atoms with Crippen LogP contribution in [0.1, 0.15) is 11.6 Å². The standard InChI is InChI=1S/C28H30FN6O6S/c1-39-26-22(33-11-18(30-32-33)16-8-5-9-17(29)10-16)24(37)20(13-36)41-28(26)42-21-14-40-27-23(25(21)38)34-12-19(31-35(27)34)15-6-3-2-4-7-15/h2-12,20-28,36-38H,13-14H2,1H3/q-1. The van der Waals surface area contributed by atoms with Gasteiger partial charge in [0, 0.05) is 18.9 Å². The molecule has 0 amide bonds. The van der Waals surface area contributed by atoms with E-state index in [1.807, 2.05) is 41.5 Å². The lowest BCUT2D eigenvalue weighted by Crippen LogP contribution is -2.75. The molecule has 3 fully saturated rings. The van der Waals surface area contributed by atoms with Crippen LogP contribution >= 0.6 is 11.8 Å². The number of nitrogens with zero attached hydrogens (tertiary/aromatic N) is 6. The molecule has 3 aromatic rings. The van der Waals surface area contributed by atoms with Crippen LogP contribution in [0, 0.1) is 5.82 Å². The summed E-state index contributed by atoms with van der Waals surface area (Å²) < 4.78 is 33.4. The molecule has 0 aliphatic carbocycles. The number of thioether (sulfide) groups is 1. The van der Waals surface area contributed by atoms with Gasteiger partial charge in [0.05, 0.1) is 30.8 Å². The third kappa shape index (κ3) is 4.68. The summed E-state index contributed by atoms with van der Waals surface area (Å²) in [7, 11) is 1.50. The van der Waals surface area contributed by atoms with Crippen LogP contribution in [0.4, 0.5) is 4.39 Å². The zero-order valence-corrected chi connectivity index (χ0v) is 23.3. The van der Waals surface area contributed by atoms with Crippen LogP contribution < -0.4 is 0 Å². The number of aliphatic hydroxyl groups is 3. The fourth-order valence-corrected chi connectivity index (χ4v) is 7.40. The maximum atomic E-state index is 13.8. The quantitative estimate of drug-likeness (QED) is 0.367. The van der Waals surface area contributed by atoms with Crippen LogP contribution in [0.15, 0.2) is 67.0 Å². The summed E-state index contributed by atoms with van der Waals surface area (Å²) in [6, 6.07) is 14.7. The van der Waals surface area contributed by atoms with Gasteiger partial charge in [0.2, 0.25) is 0 Å². The van der Waals surface area contributed by atoms with Crippen molar-refractivity contribution >= 4 is 17.5 Å². The normalized spacial score (nSPS) is 34.3. The monoisotopic (exact) mass is 597 g/mol. The minimum Gasteiger partial charge on any atom is -0.597 e.